The third-order valence-electron chi connectivity index (χ3n) is 5.66. The Kier molecular flexibility index (Phi) is 9.81. The number of rotatable bonds is 9. The zero-order valence-electron chi connectivity index (χ0n) is 18.3. The molecule has 0 bridgehead atoms. The van der Waals surface area contributed by atoms with Crippen molar-refractivity contribution in [2.24, 2.45) is 10.9 Å². The van der Waals surface area contributed by atoms with Gasteiger partial charge in [-0.15, -0.1) is 0 Å². The lowest BCUT2D eigenvalue weighted by Gasteiger charge is -2.34. The Bertz CT molecular complexity index is 633. The maximum atomic E-state index is 12.6. The van der Waals surface area contributed by atoms with Crippen molar-refractivity contribution in [1.82, 2.24) is 15.5 Å². The van der Waals surface area contributed by atoms with E-state index in [2.05, 4.69) is 31.4 Å². The van der Waals surface area contributed by atoms with E-state index in [0.717, 1.165) is 70.7 Å². The van der Waals surface area contributed by atoms with Crippen LogP contribution in [0.15, 0.2) is 29.3 Å². The molecule has 1 amide bonds. The van der Waals surface area contributed by atoms with Crippen molar-refractivity contribution in [3.05, 3.63) is 29.8 Å². The maximum absolute atomic E-state index is 12.6. The van der Waals surface area contributed by atoms with Crippen LogP contribution in [0.5, 0.6) is 5.75 Å². The molecular weight excluding hydrogens is 364 g/mol. The van der Waals surface area contributed by atoms with Crippen LogP contribution in [0.1, 0.15) is 58.4 Å². The third-order valence-corrected chi connectivity index (χ3v) is 5.66. The van der Waals surface area contributed by atoms with Crippen molar-refractivity contribution in [2.45, 2.75) is 65.3 Å². The van der Waals surface area contributed by atoms with Crippen LogP contribution in [0.25, 0.3) is 0 Å². The number of nitrogens with zero attached hydrogens (tertiary/aromatic N) is 2. The number of nitrogens with one attached hydrogen (secondary N) is 2. The predicted molar refractivity (Wildman–Crippen MR) is 119 cm³/mol. The van der Waals surface area contributed by atoms with Gasteiger partial charge in [0.2, 0.25) is 5.91 Å². The second kappa shape index (κ2) is 12.3. The van der Waals surface area contributed by atoms with Gasteiger partial charge in [0.25, 0.3) is 0 Å². The molecule has 0 radical (unpaired) electrons. The van der Waals surface area contributed by atoms with Crippen molar-refractivity contribution in [3.8, 4) is 5.75 Å². The molecule has 2 rings (SSSR count). The zero-order chi connectivity index (χ0) is 21.1. The van der Waals surface area contributed by atoms with Gasteiger partial charge in [-0.25, -0.2) is 0 Å². The number of benzene rings is 1. The van der Waals surface area contributed by atoms with E-state index in [1.165, 1.54) is 5.56 Å². The van der Waals surface area contributed by atoms with Crippen LogP contribution in [0.2, 0.25) is 0 Å². The molecule has 6 heteroatoms. The lowest BCUT2D eigenvalue weighted by molar-refractivity contribution is -0.136. The molecule has 0 unspecified atom stereocenters. The summed E-state index contributed by atoms with van der Waals surface area (Å²) in [5, 5.41) is 16.2. The highest BCUT2D eigenvalue weighted by molar-refractivity contribution is 5.80. The SMILES string of the molecule is CCNC(=NCCCc1ccc(O)cc1)NC1CCN(C(=O)C(CC)CC)CC1. The molecule has 1 aliphatic rings. The quantitative estimate of drug-likeness (QED) is 0.336. The second-order valence-electron chi connectivity index (χ2n) is 7.79. The molecule has 0 aliphatic carbocycles. The van der Waals surface area contributed by atoms with E-state index in [-0.39, 0.29) is 5.92 Å². The number of phenolic OH excluding ortho intramolecular Hbond substituents is 1. The maximum Gasteiger partial charge on any atom is 0.225 e. The summed E-state index contributed by atoms with van der Waals surface area (Å²) in [5.74, 6) is 1.66. The number of carbonyl (C=O) groups excluding carboxylic acids is 1. The van der Waals surface area contributed by atoms with Gasteiger partial charge in [-0.3, -0.25) is 9.79 Å². The van der Waals surface area contributed by atoms with Crippen LogP contribution in [-0.2, 0) is 11.2 Å². The van der Waals surface area contributed by atoms with Crippen molar-refractivity contribution >= 4 is 11.9 Å². The molecule has 6 nitrogen and oxygen atoms in total. The lowest BCUT2D eigenvalue weighted by Crippen LogP contribution is -2.50. The van der Waals surface area contributed by atoms with Crippen LogP contribution in [-0.4, -0.2) is 54.1 Å². The van der Waals surface area contributed by atoms with Crippen molar-refractivity contribution in [3.63, 3.8) is 0 Å². The minimum Gasteiger partial charge on any atom is -0.508 e. The first kappa shape index (κ1) is 23.0. The standard InChI is InChI=1S/C23H38N4O2/c1-4-19(5-2)22(29)27-16-13-20(14-17-27)26-23(24-6-3)25-15-7-8-18-9-11-21(28)12-10-18/h9-12,19-20,28H,4-8,13-17H2,1-3H3,(H2,24,25,26). The number of amides is 1. The smallest absolute Gasteiger partial charge is 0.225 e. The summed E-state index contributed by atoms with van der Waals surface area (Å²) in [4.78, 5) is 19.3. The van der Waals surface area contributed by atoms with Gasteiger partial charge < -0.3 is 20.6 Å². The summed E-state index contributed by atoms with van der Waals surface area (Å²) in [6.07, 6.45) is 5.68. The van der Waals surface area contributed by atoms with Gasteiger partial charge in [-0.2, -0.15) is 0 Å². The number of likely N-dealkylation sites (tertiary alicyclic amines) is 1. The molecule has 0 saturated carbocycles. The van der Waals surface area contributed by atoms with E-state index in [0.29, 0.717) is 17.7 Å². The van der Waals surface area contributed by atoms with Crippen LogP contribution in [0.3, 0.4) is 0 Å². The molecule has 1 heterocycles. The fourth-order valence-electron chi connectivity index (χ4n) is 3.79. The van der Waals surface area contributed by atoms with Gasteiger partial charge in [0.15, 0.2) is 5.96 Å². The molecule has 162 valence electrons. The highest BCUT2D eigenvalue weighted by Gasteiger charge is 2.26. The fourth-order valence-corrected chi connectivity index (χ4v) is 3.79. The van der Waals surface area contributed by atoms with Gasteiger partial charge in [0.1, 0.15) is 5.75 Å². The van der Waals surface area contributed by atoms with Crippen molar-refractivity contribution in [1.29, 1.82) is 0 Å². The Labute approximate surface area is 175 Å². The summed E-state index contributed by atoms with van der Waals surface area (Å²) in [7, 11) is 0. The number of aliphatic imine (C=N–C) groups is 1. The van der Waals surface area contributed by atoms with Crippen molar-refractivity contribution < 1.29 is 9.90 Å². The van der Waals surface area contributed by atoms with E-state index >= 15 is 0 Å². The number of phenols is 1. The Hall–Kier alpha value is -2.24. The van der Waals surface area contributed by atoms with E-state index in [1.54, 1.807) is 12.1 Å². The van der Waals surface area contributed by atoms with Crippen LogP contribution < -0.4 is 10.6 Å². The number of hydrogen-bond donors (Lipinski definition) is 3. The van der Waals surface area contributed by atoms with E-state index in [4.69, 9.17) is 4.99 Å². The number of aryl methyl sites for hydroxylation is 1. The summed E-state index contributed by atoms with van der Waals surface area (Å²) < 4.78 is 0. The minimum atomic E-state index is 0.173. The Balaban J connectivity index is 1.77. The Morgan fingerprint density at radius 3 is 2.41 bits per heavy atom. The van der Waals surface area contributed by atoms with Gasteiger partial charge in [0, 0.05) is 38.1 Å². The first-order valence-electron chi connectivity index (χ1n) is 11.2. The summed E-state index contributed by atoms with van der Waals surface area (Å²) in [5.41, 5.74) is 1.21. The Morgan fingerprint density at radius 1 is 1.17 bits per heavy atom. The Morgan fingerprint density at radius 2 is 1.83 bits per heavy atom. The summed E-state index contributed by atoms with van der Waals surface area (Å²) in [6.45, 7) is 9.51. The molecule has 29 heavy (non-hydrogen) atoms. The predicted octanol–water partition coefficient (Wildman–Crippen LogP) is 3.31. The number of aromatic hydroxyl groups is 1. The molecule has 1 aliphatic heterocycles. The molecule has 1 aromatic rings. The number of guanidine groups is 1. The normalized spacial score (nSPS) is 15.6. The second-order valence-corrected chi connectivity index (χ2v) is 7.79. The van der Waals surface area contributed by atoms with Crippen LogP contribution >= 0.6 is 0 Å². The van der Waals surface area contributed by atoms with Gasteiger partial charge in [-0.05, 0) is 63.1 Å². The molecular formula is C23H38N4O2. The number of piperidine rings is 1. The van der Waals surface area contributed by atoms with Gasteiger partial charge >= 0.3 is 0 Å². The summed E-state index contributed by atoms with van der Waals surface area (Å²) in [6, 6.07) is 7.73. The number of carbonyl (C=O) groups is 1. The first-order valence-corrected chi connectivity index (χ1v) is 11.2. The fraction of sp³-hybridized carbons (Fsp3) is 0.652. The van der Waals surface area contributed by atoms with Crippen molar-refractivity contribution in [2.75, 3.05) is 26.2 Å². The van der Waals surface area contributed by atoms with Gasteiger partial charge in [-0.1, -0.05) is 26.0 Å². The van der Waals surface area contributed by atoms with Crippen LogP contribution in [0.4, 0.5) is 0 Å². The molecule has 0 aromatic heterocycles. The topological polar surface area (TPSA) is 77.0 Å². The lowest BCUT2D eigenvalue weighted by atomic mass is 9.98. The molecule has 1 aromatic carbocycles. The van der Waals surface area contributed by atoms with Crippen LogP contribution in [0, 0.1) is 5.92 Å². The van der Waals surface area contributed by atoms with Gasteiger partial charge in [0.05, 0.1) is 0 Å². The first-order chi connectivity index (χ1) is 14.1. The van der Waals surface area contributed by atoms with E-state index in [1.807, 2.05) is 17.0 Å². The largest absolute Gasteiger partial charge is 0.508 e. The third kappa shape index (κ3) is 7.59. The van der Waals surface area contributed by atoms with E-state index < -0.39 is 0 Å². The molecule has 3 N–H and O–H groups in total. The highest BCUT2D eigenvalue weighted by atomic mass is 16.3. The zero-order valence-corrected chi connectivity index (χ0v) is 18.3. The molecule has 0 spiro atoms. The highest BCUT2D eigenvalue weighted by Crippen LogP contribution is 2.17. The summed E-state index contributed by atoms with van der Waals surface area (Å²) >= 11 is 0. The average Bonchev–Trinajstić information content (AvgIpc) is 2.74. The number of hydrogen-bond acceptors (Lipinski definition) is 3. The average molecular weight is 403 g/mol. The minimum absolute atomic E-state index is 0.173. The molecule has 0 atom stereocenters. The van der Waals surface area contributed by atoms with E-state index in [9.17, 15) is 9.90 Å². The monoisotopic (exact) mass is 402 g/mol. The molecule has 1 fully saturated rings. The molecule has 1 saturated heterocycles.